The second kappa shape index (κ2) is 7.53. The van der Waals surface area contributed by atoms with Crippen molar-refractivity contribution >= 4 is 11.8 Å². The molecule has 0 aromatic heterocycles. The van der Waals surface area contributed by atoms with E-state index in [2.05, 4.69) is 5.32 Å². The van der Waals surface area contributed by atoms with Crippen molar-refractivity contribution in [2.45, 2.75) is 38.0 Å². The van der Waals surface area contributed by atoms with Gasteiger partial charge in [-0.15, -0.1) is 0 Å². The van der Waals surface area contributed by atoms with Gasteiger partial charge in [-0.25, -0.2) is 4.39 Å². The molecule has 0 saturated carbocycles. The zero-order chi connectivity index (χ0) is 21.6. The van der Waals surface area contributed by atoms with E-state index in [1.54, 1.807) is 4.90 Å². The number of amides is 2. The second-order valence-electron chi connectivity index (χ2n) is 8.31. The zero-order valence-corrected chi connectivity index (χ0v) is 17.3. The van der Waals surface area contributed by atoms with Crippen molar-refractivity contribution in [2.75, 3.05) is 19.9 Å². The maximum absolute atomic E-state index is 13.2. The van der Waals surface area contributed by atoms with Crippen LogP contribution in [-0.4, -0.2) is 53.2 Å². The number of hydrogen-bond acceptors (Lipinski definition) is 5. The summed E-state index contributed by atoms with van der Waals surface area (Å²) in [6.45, 7) is 3.57. The van der Waals surface area contributed by atoms with Crippen LogP contribution in [0.1, 0.15) is 35.7 Å². The summed E-state index contributed by atoms with van der Waals surface area (Å²) in [5, 5.41) is 3.48. The van der Waals surface area contributed by atoms with Crippen molar-refractivity contribution in [2.24, 2.45) is 0 Å². The molecule has 0 radical (unpaired) electrons. The summed E-state index contributed by atoms with van der Waals surface area (Å²) in [6, 6.07) is 11.1. The molecule has 0 unspecified atom stereocenters. The van der Waals surface area contributed by atoms with Gasteiger partial charge in [-0.05, 0) is 48.9 Å². The number of nitrogens with one attached hydrogen (secondary N) is 1. The van der Waals surface area contributed by atoms with Crippen molar-refractivity contribution in [1.29, 1.82) is 0 Å². The van der Waals surface area contributed by atoms with Crippen molar-refractivity contribution < 1.29 is 23.5 Å². The number of carbonyl (C=O) groups is 2. The Bertz CT molecular complexity index is 1020. The first-order valence-corrected chi connectivity index (χ1v) is 10.5. The number of piperidine rings is 1. The maximum Gasteiger partial charge on any atom is 0.253 e. The molecular formula is C23H24FN3O4. The Morgan fingerprint density at radius 2 is 1.84 bits per heavy atom. The van der Waals surface area contributed by atoms with Crippen LogP contribution < -0.4 is 14.8 Å². The summed E-state index contributed by atoms with van der Waals surface area (Å²) in [5.74, 6) is 0.978. The zero-order valence-electron chi connectivity index (χ0n) is 17.3. The topological polar surface area (TPSA) is 71.1 Å². The van der Waals surface area contributed by atoms with E-state index in [9.17, 15) is 14.0 Å². The molecule has 3 aliphatic rings. The first-order chi connectivity index (χ1) is 14.9. The molecule has 8 heteroatoms. The number of hydrogen-bond donors (Lipinski definition) is 1. The first kappa shape index (κ1) is 19.8. The molecule has 5 rings (SSSR count). The van der Waals surface area contributed by atoms with Gasteiger partial charge in [-0.1, -0.05) is 6.07 Å². The lowest BCUT2D eigenvalue weighted by Crippen LogP contribution is -2.59. The lowest BCUT2D eigenvalue weighted by atomic mass is 9.94. The Morgan fingerprint density at radius 1 is 1.13 bits per heavy atom. The number of nitrogens with zero attached hydrogens (tertiary/aromatic N) is 2. The van der Waals surface area contributed by atoms with Crippen LogP contribution in [0.15, 0.2) is 42.5 Å². The molecule has 162 valence electrons. The van der Waals surface area contributed by atoms with E-state index in [4.69, 9.17) is 9.47 Å². The van der Waals surface area contributed by atoms with Gasteiger partial charge in [-0.3, -0.25) is 14.9 Å². The molecule has 2 aromatic rings. The molecule has 2 aromatic carbocycles. The molecule has 1 atom stereocenters. The minimum absolute atomic E-state index is 0.0518. The van der Waals surface area contributed by atoms with Gasteiger partial charge in [0.2, 0.25) is 12.7 Å². The number of likely N-dealkylation sites (tertiary alicyclic amines) is 1. The Hall–Kier alpha value is -3.13. The van der Waals surface area contributed by atoms with Crippen molar-refractivity contribution in [3.8, 4) is 11.5 Å². The summed E-state index contributed by atoms with van der Waals surface area (Å²) in [7, 11) is 0. The summed E-state index contributed by atoms with van der Waals surface area (Å²) in [6.07, 6.45) is 1.25. The van der Waals surface area contributed by atoms with E-state index in [0.29, 0.717) is 49.5 Å². The normalized spacial score (nSPS) is 21.7. The highest BCUT2D eigenvalue weighted by Gasteiger charge is 2.50. The van der Waals surface area contributed by atoms with E-state index in [1.165, 1.54) is 24.3 Å². The minimum atomic E-state index is -0.494. The van der Waals surface area contributed by atoms with E-state index >= 15 is 0 Å². The molecule has 7 nitrogen and oxygen atoms in total. The predicted molar refractivity (Wildman–Crippen MR) is 110 cm³/mol. The molecule has 3 heterocycles. The number of ether oxygens (including phenoxy) is 2. The van der Waals surface area contributed by atoms with E-state index in [0.717, 1.165) is 5.56 Å². The fraction of sp³-hybridized carbons (Fsp3) is 0.391. The molecule has 31 heavy (non-hydrogen) atoms. The number of rotatable bonds is 3. The lowest BCUT2D eigenvalue weighted by molar-refractivity contribution is -0.133. The highest BCUT2D eigenvalue weighted by molar-refractivity contribution is 5.94. The summed E-state index contributed by atoms with van der Waals surface area (Å²) >= 11 is 0. The van der Waals surface area contributed by atoms with Crippen molar-refractivity contribution in [3.05, 3.63) is 59.4 Å². The van der Waals surface area contributed by atoms with E-state index < -0.39 is 5.66 Å². The molecule has 2 saturated heterocycles. The number of halogens is 1. The van der Waals surface area contributed by atoms with Gasteiger partial charge in [-0.2, -0.15) is 0 Å². The third-order valence-corrected chi connectivity index (χ3v) is 6.38. The third-order valence-electron chi connectivity index (χ3n) is 6.38. The average Bonchev–Trinajstić information content (AvgIpc) is 3.33. The van der Waals surface area contributed by atoms with Crippen LogP contribution in [0.3, 0.4) is 0 Å². The molecule has 2 amide bonds. The lowest BCUT2D eigenvalue weighted by Gasteiger charge is -2.44. The molecule has 0 bridgehead atoms. The Kier molecular flexibility index (Phi) is 4.81. The largest absolute Gasteiger partial charge is 0.454 e. The fourth-order valence-corrected chi connectivity index (χ4v) is 4.71. The van der Waals surface area contributed by atoms with Crippen LogP contribution in [-0.2, 0) is 11.3 Å². The van der Waals surface area contributed by atoms with Crippen LogP contribution in [0.25, 0.3) is 0 Å². The fourth-order valence-electron chi connectivity index (χ4n) is 4.71. The Labute approximate surface area is 179 Å². The molecule has 2 fully saturated rings. The van der Waals surface area contributed by atoms with Gasteiger partial charge < -0.3 is 19.3 Å². The van der Waals surface area contributed by atoms with Crippen LogP contribution in [0.2, 0.25) is 0 Å². The standard InChI is InChI=1S/C23H24FN3O4/c1-15-21(28)27(13-16-2-7-19-20(12-16)31-14-30-19)23(25-15)8-10-26(11-9-23)22(29)17-3-5-18(24)6-4-17/h2-7,12,15,25H,8-11,13-14H2,1H3/t15-/m0/s1. The number of carbonyl (C=O) groups excluding carboxylic acids is 2. The molecule has 3 aliphatic heterocycles. The van der Waals surface area contributed by atoms with Crippen molar-refractivity contribution in [1.82, 2.24) is 15.1 Å². The predicted octanol–water partition coefficient (Wildman–Crippen LogP) is 2.51. The minimum Gasteiger partial charge on any atom is -0.454 e. The second-order valence-corrected chi connectivity index (χ2v) is 8.31. The number of benzene rings is 2. The quantitative estimate of drug-likeness (QED) is 0.818. The van der Waals surface area contributed by atoms with E-state index in [-0.39, 0.29) is 30.5 Å². The number of fused-ring (bicyclic) bond motifs is 1. The van der Waals surface area contributed by atoms with Gasteiger partial charge in [0.15, 0.2) is 11.5 Å². The third kappa shape index (κ3) is 3.50. The van der Waals surface area contributed by atoms with Crippen LogP contribution in [0.5, 0.6) is 11.5 Å². The van der Waals surface area contributed by atoms with E-state index in [1.807, 2.05) is 30.0 Å². The van der Waals surface area contributed by atoms with Crippen LogP contribution in [0, 0.1) is 5.82 Å². The van der Waals surface area contributed by atoms with Gasteiger partial charge in [0.05, 0.1) is 11.7 Å². The summed E-state index contributed by atoms with van der Waals surface area (Å²) in [4.78, 5) is 29.4. The van der Waals surface area contributed by atoms with Gasteiger partial charge in [0, 0.05) is 38.0 Å². The molecular weight excluding hydrogens is 401 g/mol. The van der Waals surface area contributed by atoms with Gasteiger partial charge in [0.25, 0.3) is 5.91 Å². The SMILES string of the molecule is C[C@@H]1NC2(CCN(C(=O)c3ccc(F)cc3)CC2)N(Cc2ccc3c(c2)OCO3)C1=O. The van der Waals surface area contributed by atoms with Crippen LogP contribution >= 0.6 is 0 Å². The highest BCUT2D eigenvalue weighted by Crippen LogP contribution is 2.37. The molecule has 1 N–H and O–H groups in total. The summed E-state index contributed by atoms with van der Waals surface area (Å²) < 4.78 is 24.0. The molecule has 1 spiro atoms. The Balaban J connectivity index is 1.32. The van der Waals surface area contributed by atoms with Gasteiger partial charge >= 0.3 is 0 Å². The molecule has 0 aliphatic carbocycles. The Morgan fingerprint density at radius 3 is 2.58 bits per heavy atom. The maximum atomic E-state index is 13.2. The van der Waals surface area contributed by atoms with Crippen molar-refractivity contribution in [3.63, 3.8) is 0 Å². The first-order valence-electron chi connectivity index (χ1n) is 10.5. The monoisotopic (exact) mass is 425 g/mol. The van der Waals surface area contributed by atoms with Gasteiger partial charge in [0.1, 0.15) is 5.82 Å². The summed E-state index contributed by atoms with van der Waals surface area (Å²) in [5.41, 5.74) is 0.947. The van der Waals surface area contributed by atoms with Crippen LogP contribution in [0.4, 0.5) is 4.39 Å². The highest BCUT2D eigenvalue weighted by atomic mass is 19.1. The smallest absolute Gasteiger partial charge is 0.253 e. The average molecular weight is 425 g/mol.